The lowest BCUT2D eigenvalue weighted by Gasteiger charge is -2.20. The van der Waals surface area contributed by atoms with Gasteiger partial charge in [-0.25, -0.2) is 4.79 Å². The molecule has 1 aliphatic rings. The Balaban J connectivity index is 2.31. The van der Waals surface area contributed by atoms with Crippen LogP contribution in [0, 0.1) is 0 Å². The van der Waals surface area contributed by atoms with Gasteiger partial charge in [0.15, 0.2) is 11.5 Å². The Kier molecular flexibility index (Phi) is 5.04. The van der Waals surface area contributed by atoms with Gasteiger partial charge in [-0.3, -0.25) is 0 Å². The van der Waals surface area contributed by atoms with Crippen molar-refractivity contribution in [2.75, 3.05) is 28.4 Å². The predicted octanol–water partition coefficient (Wildman–Crippen LogP) is 3.15. The normalized spacial score (nSPS) is 15.3. The van der Waals surface area contributed by atoms with Gasteiger partial charge >= 0.3 is 5.97 Å². The lowest BCUT2D eigenvalue weighted by atomic mass is 9.93. The third-order valence-corrected chi connectivity index (χ3v) is 4.70. The van der Waals surface area contributed by atoms with E-state index in [0.717, 1.165) is 16.7 Å². The van der Waals surface area contributed by atoms with Crippen molar-refractivity contribution < 1.29 is 28.8 Å². The zero-order chi connectivity index (χ0) is 18.8. The molecule has 0 heterocycles. The minimum Gasteiger partial charge on any atom is -0.493 e. The number of fused-ring (bicyclic) bond motifs is 3. The summed E-state index contributed by atoms with van der Waals surface area (Å²) in [4.78, 5) is 11.9. The van der Waals surface area contributed by atoms with Gasteiger partial charge in [-0.1, -0.05) is 6.07 Å². The Hall–Kier alpha value is -2.73. The smallest absolute Gasteiger partial charge is 0.337 e. The molecule has 0 saturated carbocycles. The number of hydrogen-bond donors (Lipinski definition) is 1. The first-order valence-electron chi connectivity index (χ1n) is 8.28. The van der Waals surface area contributed by atoms with Gasteiger partial charge in [-0.15, -0.1) is 0 Å². The van der Waals surface area contributed by atoms with Crippen molar-refractivity contribution in [1.29, 1.82) is 0 Å². The van der Waals surface area contributed by atoms with Gasteiger partial charge in [-0.2, -0.15) is 0 Å². The van der Waals surface area contributed by atoms with Gasteiger partial charge < -0.3 is 24.1 Å². The average Bonchev–Trinajstić information content (AvgIpc) is 2.82. The van der Waals surface area contributed by atoms with Crippen molar-refractivity contribution in [2.24, 2.45) is 0 Å². The second kappa shape index (κ2) is 7.25. The first-order valence-corrected chi connectivity index (χ1v) is 8.28. The summed E-state index contributed by atoms with van der Waals surface area (Å²) < 4.78 is 21.4. The van der Waals surface area contributed by atoms with Crippen LogP contribution in [0.1, 0.15) is 34.0 Å². The molecule has 138 valence electrons. The quantitative estimate of drug-likeness (QED) is 0.847. The Morgan fingerprint density at radius 2 is 1.77 bits per heavy atom. The number of aliphatic hydroxyl groups is 1. The van der Waals surface area contributed by atoms with E-state index in [1.807, 2.05) is 12.1 Å². The fourth-order valence-electron chi connectivity index (χ4n) is 3.46. The summed E-state index contributed by atoms with van der Waals surface area (Å²) in [6.45, 7) is 0. The molecule has 2 aromatic carbocycles. The fraction of sp³-hybridized carbons (Fsp3) is 0.350. The second-order valence-electron chi connectivity index (χ2n) is 6.03. The molecular formula is C20H22O6. The SMILES string of the molecule is COC(=O)c1ccc2c(c1)[C@H](O)CCc1cc(OC)c(OC)c(OC)c1-2. The summed E-state index contributed by atoms with van der Waals surface area (Å²) >= 11 is 0. The lowest BCUT2D eigenvalue weighted by Crippen LogP contribution is -2.05. The van der Waals surface area contributed by atoms with Gasteiger partial charge in [0.1, 0.15) is 0 Å². The lowest BCUT2D eigenvalue weighted by molar-refractivity contribution is 0.0600. The molecule has 0 spiro atoms. The van der Waals surface area contributed by atoms with Crippen LogP contribution in [-0.2, 0) is 11.2 Å². The molecule has 26 heavy (non-hydrogen) atoms. The van der Waals surface area contributed by atoms with E-state index in [9.17, 15) is 9.90 Å². The van der Waals surface area contributed by atoms with Crippen LogP contribution >= 0.6 is 0 Å². The van der Waals surface area contributed by atoms with Crippen LogP contribution in [0.5, 0.6) is 17.2 Å². The number of benzene rings is 2. The highest BCUT2D eigenvalue weighted by Crippen LogP contribution is 2.50. The Labute approximate surface area is 152 Å². The molecule has 0 aromatic heterocycles. The van der Waals surface area contributed by atoms with E-state index < -0.39 is 12.1 Å². The van der Waals surface area contributed by atoms with Crippen LogP contribution in [0.4, 0.5) is 0 Å². The van der Waals surface area contributed by atoms with Crippen LogP contribution in [-0.4, -0.2) is 39.5 Å². The summed E-state index contributed by atoms with van der Waals surface area (Å²) in [6.07, 6.45) is 0.447. The van der Waals surface area contributed by atoms with Crippen molar-refractivity contribution in [1.82, 2.24) is 0 Å². The van der Waals surface area contributed by atoms with Gasteiger partial charge in [0.2, 0.25) is 5.75 Å². The van der Waals surface area contributed by atoms with E-state index in [1.54, 1.807) is 33.5 Å². The monoisotopic (exact) mass is 358 g/mol. The molecule has 6 heteroatoms. The van der Waals surface area contributed by atoms with E-state index >= 15 is 0 Å². The summed E-state index contributed by atoms with van der Waals surface area (Å²) in [5.41, 5.74) is 3.69. The maximum atomic E-state index is 11.9. The maximum absolute atomic E-state index is 11.9. The number of rotatable bonds is 4. The van der Waals surface area contributed by atoms with E-state index in [0.29, 0.717) is 41.2 Å². The highest BCUT2D eigenvalue weighted by atomic mass is 16.5. The standard InChI is InChI=1S/C20H22O6/c1-23-16-10-11-6-8-15(21)14-9-12(20(22)26-4)5-7-13(14)17(11)19(25-3)18(16)24-2/h5,7,9-10,15,21H,6,8H2,1-4H3/t15-/m1/s1. The topological polar surface area (TPSA) is 74.2 Å². The summed E-state index contributed by atoms with van der Waals surface area (Å²) in [6, 6.07) is 7.08. The summed E-state index contributed by atoms with van der Waals surface area (Å²) in [5.74, 6) is 1.17. The molecule has 0 saturated heterocycles. The first-order chi connectivity index (χ1) is 12.5. The zero-order valence-electron chi connectivity index (χ0n) is 15.3. The van der Waals surface area contributed by atoms with Crippen molar-refractivity contribution in [3.63, 3.8) is 0 Å². The van der Waals surface area contributed by atoms with Crippen molar-refractivity contribution in [3.05, 3.63) is 41.0 Å². The molecule has 0 fully saturated rings. The molecule has 1 atom stereocenters. The fourth-order valence-corrected chi connectivity index (χ4v) is 3.46. The molecule has 6 nitrogen and oxygen atoms in total. The number of aryl methyl sites for hydroxylation is 1. The third kappa shape index (κ3) is 2.86. The predicted molar refractivity (Wildman–Crippen MR) is 96.2 cm³/mol. The third-order valence-electron chi connectivity index (χ3n) is 4.70. The van der Waals surface area contributed by atoms with Crippen LogP contribution in [0.2, 0.25) is 0 Å². The van der Waals surface area contributed by atoms with Crippen LogP contribution < -0.4 is 14.2 Å². The van der Waals surface area contributed by atoms with Gasteiger partial charge in [0.05, 0.1) is 40.1 Å². The van der Waals surface area contributed by atoms with Gasteiger partial charge in [-0.05, 0) is 47.7 Å². The number of carbonyl (C=O) groups is 1. The zero-order valence-corrected chi connectivity index (χ0v) is 15.3. The highest BCUT2D eigenvalue weighted by Gasteiger charge is 2.28. The first kappa shape index (κ1) is 18.1. The largest absolute Gasteiger partial charge is 0.493 e. The molecule has 0 aliphatic heterocycles. The minimum absolute atomic E-state index is 0.396. The van der Waals surface area contributed by atoms with E-state index in [4.69, 9.17) is 18.9 Å². The molecule has 3 rings (SSSR count). The maximum Gasteiger partial charge on any atom is 0.337 e. The number of carbonyl (C=O) groups excluding carboxylic acids is 1. The number of methoxy groups -OCH3 is 4. The van der Waals surface area contributed by atoms with Crippen molar-refractivity contribution in [2.45, 2.75) is 18.9 Å². The average molecular weight is 358 g/mol. The molecule has 0 amide bonds. The highest BCUT2D eigenvalue weighted by molar-refractivity contribution is 5.92. The number of aliphatic hydroxyl groups excluding tert-OH is 1. The van der Waals surface area contributed by atoms with E-state index in [-0.39, 0.29) is 0 Å². The van der Waals surface area contributed by atoms with E-state index in [2.05, 4.69) is 0 Å². The number of hydrogen-bond acceptors (Lipinski definition) is 6. The van der Waals surface area contributed by atoms with Crippen molar-refractivity contribution >= 4 is 5.97 Å². The van der Waals surface area contributed by atoms with Crippen LogP contribution in [0.25, 0.3) is 11.1 Å². The molecule has 1 N–H and O–H groups in total. The molecule has 1 aliphatic carbocycles. The molecule has 0 bridgehead atoms. The number of ether oxygens (including phenoxy) is 4. The molecule has 2 aromatic rings. The second-order valence-corrected chi connectivity index (χ2v) is 6.03. The molecule has 0 radical (unpaired) electrons. The number of esters is 1. The molecular weight excluding hydrogens is 336 g/mol. The summed E-state index contributed by atoms with van der Waals surface area (Å²) in [5, 5.41) is 10.7. The van der Waals surface area contributed by atoms with Crippen LogP contribution in [0.15, 0.2) is 24.3 Å². The van der Waals surface area contributed by atoms with Gasteiger partial charge in [0, 0.05) is 5.56 Å². The van der Waals surface area contributed by atoms with Crippen LogP contribution in [0.3, 0.4) is 0 Å². The Morgan fingerprint density at radius 1 is 1.04 bits per heavy atom. The van der Waals surface area contributed by atoms with Crippen molar-refractivity contribution in [3.8, 4) is 28.4 Å². The Morgan fingerprint density at radius 3 is 2.38 bits per heavy atom. The van der Waals surface area contributed by atoms with Gasteiger partial charge in [0.25, 0.3) is 0 Å². The van der Waals surface area contributed by atoms with E-state index in [1.165, 1.54) is 7.11 Å². The summed E-state index contributed by atoms with van der Waals surface area (Å²) in [7, 11) is 6.03. The minimum atomic E-state index is -0.705. The molecule has 0 unspecified atom stereocenters. The Bertz CT molecular complexity index is 843.